The van der Waals surface area contributed by atoms with E-state index in [9.17, 15) is 19.0 Å². The van der Waals surface area contributed by atoms with E-state index in [1.165, 1.54) is 250 Å². The fourth-order valence-electron chi connectivity index (χ4n) is 11.3. The van der Waals surface area contributed by atoms with Crippen LogP contribution in [0.3, 0.4) is 0 Å². The number of phosphoric ester groups is 1. The molecule has 1 amide bonds. The standard InChI is InChI=1S/C78H147N2O7P/c1-7-10-13-16-19-22-25-28-30-32-34-36-38-39-40-41-43-44-46-48-50-52-55-58-61-64-67-70-77(81)79-75(74-86-88(83,84)85-73-72-80(4,5)6)76(69-66-63-60-57-54-27-24-21-18-15-12-9-3)87-78(82)71-68-65-62-59-56-53-51-49-47-45-42-37-35-33-31-29-26-23-20-17-14-11-8-2/h20,23,29,31,35,37,45,47,66,69,75-76H,7-19,21-22,24-28,30,32-34,36,38-44,46,48-65,67-68,70-74H2,1-6H3,(H-,79,81,83,84)/p+1/b23-20-,31-29-,37-35-,47-45-,69-66+. The van der Waals surface area contributed by atoms with Crippen LogP contribution in [0.4, 0.5) is 0 Å². The molecule has 0 saturated carbocycles. The molecule has 0 heterocycles. The maximum Gasteiger partial charge on any atom is 0.472 e. The van der Waals surface area contributed by atoms with Gasteiger partial charge in [-0.1, -0.05) is 345 Å². The molecular formula is C78H148N2O7P+. The van der Waals surface area contributed by atoms with Gasteiger partial charge in [-0.3, -0.25) is 18.6 Å². The normalized spacial score (nSPS) is 13.8. The zero-order chi connectivity index (χ0) is 64.2. The van der Waals surface area contributed by atoms with Gasteiger partial charge >= 0.3 is 13.8 Å². The molecule has 0 aliphatic rings. The van der Waals surface area contributed by atoms with Crippen LogP contribution in [0.5, 0.6) is 0 Å². The lowest BCUT2D eigenvalue weighted by Crippen LogP contribution is -2.47. The van der Waals surface area contributed by atoms with Crippen molar-refractivity contribution in [2.24, 2.45) is 0 Å². The highest BCUT2D eigenvalue weighted by molar-refractivity contribution is 7.47. The summed E-state index contributed by atoms with van der Waals surface area (Å²) in [4.78, 5) is 38.0. The number of hydrogen-bond donors (Lipinski definition) is 2. The number of hydrogen-bond acceptors (Lipinski definition) is 6. The first-order valence-corrected chi connectivity index (χ1v) is 39.6. The minimum Gasteiger partial charge on any atom is -0.456 e. The monoisotopic (exact) mass is 1260 g/mol. The van der Waals surface area contributed by atoms with Crippen molar-refractivity contribution in [1.82, 2.24) is 5.32 Å². The highest BCUT2D eigenvalue weighted by Crippen LogP contribution is 2.43. The molecule has 3 atom stereocenters. The molecule has 9 nitrogen and oxygen atoms in total. The number of unbranched alkanes of at least 4 members (excludes halogenated alkanes) is 46. The number of rotatable bonds is 70. The molecule has 88 heavy (non-hydrogen) atoms. The Balaban J connectivity index is 4.98. The molecule has 0 bridgehead atoms. The maximum atomic E-state index is 13.6. The Morgan fingerprint density at radius 2 is 0.693 bits per heavy atom. The number of nitrogens with zero attached hydrogens (tertiary/aromatic N) is 1. The third kappa shape index (κ3) is 68.1. The summed E-state index contributed by atoms with van der Waals surface area (Å²) in [6, 6.07) is -0.854. The van der Waals surface area contributed by atoms with E-state index in [0.717, 1.165) is 89.9 Å². The van der Waals surface area contributed by atoms with Crippen LogP contribution in [0.2, 0.25) is 0 Å². The summed E-state index contributed by atoms with van der Waals surface area (Å²) in [5.41, 5.74) is 0. The Kier molecular flexibility index (Phi) is 65.8. The second-order valence-electron chi connectivity index (χ2n) is 27.2. The van der Waals surface area contributed by atoms with Gasteiger partial charge in [0.05, 0.1) is 33.8 Å². The van der Waals surface area contributed by atoms with E-state index in [4.69, 9.17) is 13.8 Å². The lowest BCUT2D eigenvalue weighted by Gasteiger charge is -2.27. The minimum atomic E-state index is -4.46. The minimum absolute atomic E-state index is 0.0389. The molecule has 0 aliphatic carbocycles. The van der Waals surface area contributed by atoms with Crippen molar-refractivity contribution in [1.29, 1.82) is 0 Å². The van der Waals surface area contributed by atoms with Gasteiger partial charge in [0.25, 0.3) is 0 Å². The predicted octanol–water partition coefficient (Wildman–Crippen LogP) is 24.5. The van der Waals surface area contributed by atoms with Crippen LogP contribution in [0.1, 0.15) is 374 Å². The molecule has 0 spiro atoms. The summed E-state index contributed by atoms with van der Waals surface area (Å²) in [7, 11) is 1.50. The van der Waals surface area contributed by atoms with Gasteiger partial charge in [0.15, 0.2) is 0 Å². The molecule has 0 saturated heterocycles. The number of ether oxygens (including phenoxy) is 1. The van der Waals surface area contributed by atoms with E-state index in [1.54, 1.807) is 0 Å². The third-order valence-corrected chi connectivity index (χ3v) is 18.2. The Morgan fingerprint density at radius 1 is 0.398 bits per heavy atom. The van der Waals surface area contributed by atoms with E-state index in [0.29, 0.717) is 17.4 Å². The molecule has 0 aromatic rings. The fourth-order valence-corrected chi connectivity index (χ4v) is 12.1. The average molecular weight is 1260 g/mol. The van der Waals surface area contributed by atoms with Gasteiger partial charge in [-0.15, -0.1) is 0 Å². The van der Waals surface area contributed by atoms with Gasteiger partial charge in [-0.2, -0.15) is 0 Å². The van der Waals surface area contributed by atoms with Crippen LogP contribution in [-0.4, -0.2) is 74.3 Å². The number of amides is 1. The Bertz CT molecular complexity index is 1690. The number of likely N-dealkylation sites (N-methyl/N-ethyl adjacent to an activating group) is 1. The van der Waals surface area contributed by atoms with Crippen molar-refractivity contribution < 1.29 is 37.3 Å². The van der Waals surface area contributed by atoms with Gasteiger partial charge in [-0.05, 0) is 76.7 Å². The summed E-state index contributed by atoms with van der Waals surface area (Å²) in [5.74, 6) is -0.501. The van der Waals surface area contributed by atoms with Gasteiger partial charge in [0, 0.05) is 12.8 Å². The largest absolute Gasteiger partial charge is 0.472 e. The Morgan fingerprint density at radius 3 is 1.06 bits per heavy atom. The molecule has 0 aromatic heterocycles. The first-order valence-electron chi connectivity index (χ1n) is 38.1. The third-order valence-electron chi connectivity index (χ3n) is 17.2. The second-order valence-corrected chi connectivity index (χ2v) is 28.6. The molecule has 3 unspecified atom stereocenters. The van der Waals surface area contributed by atoms with Gasteiger partial charge in [0.2, 0.25) is 5.91 Å². The predicted molar refractivity (Wildman–Crippen MR) is 383 cm³/mol. The number of allylic oxidation sites excluding steroid dienone is 9. The smallest absolute Gasteiger partial charge is 0.456 e. The molecular weight excluding hydrogens is 1110 g/mol. The van der Waals surface area contributed by atoms with Crippen LogP contribution in [-0.2, 0) is 27.9 Å². The molecule has 0 aromatic carbocycles. The topological polar surface area (TPSA) is 111 Å². The van der Waals surface area contributed by atoms with E-state index in [-0.39, 0.29) is 31.5 Å². The molecule has 10 heteroatoms. The first kappa shape index (κ1) is 85.7. The summed E-state index contributed by atoms with van der Waals surface area (Å²) in [6.07, 6.45) is 88.2. The van der Waals surface area contributed by atoms with E-state index in [1.807, 2.05) is 33.3 Å². The van der Waals surface area contributed by atoms with Gasteiger partial charge < -0.3 is 19.4 Å². The van der Waals surface area contributed by atoms with E-state index in [2.05, 4.69) is 74.7 Å². The number of nitrogens with one attached hydrogen (secondary N) is 1. The molecule has 0 radical (unpaired) electrons. The van der Waals surface area contributed by atoms with Gasteiger partial charge in [-0.25, -0.2) is 4.57 Å². The summed E-state index contributed by atoms with van der Waals surface area (Å²) < 4.78 is 30.9. The first-order chi connectivity index (χ1) is 42.9. The van der Waals surface area contributed by atoms with Crippen LogP contribution in [0.25, 0.3) is 0 Å². The van der Waals surface area contributed by atoms with Crippen molar-refractivity contribution >= 4 is 19.7 Å². The maximum absolute atomic E-state index is 13.6. The Labute approximate surface area is 547 Å². The van der Waals surface area contributed by atoms with Crippen molar-refractivity contribution in [2.75, 3.05) is 40.9 Å². The fraction of sp³-hybridized carbons (Fsp3) is 0.846. The lowest BCUT2D eigenvalue weighted by molar-refractivity contribution is -0.870. The molecule has 0 aliphatic heterocycles. The molecule has 516 valence electrons. The highest BCUT2D eigenvalue weighted by atomic mass is 31.2. The van der Waals surface area contributed by atoms with Crippen LogP contribution >= 0.6 is 7.82 Å². The number of phosphoric acid groups is 1. The quantitative estimate of drug-likeness (QED) is 0.0205. The molecule has 2 N–H and O–H groups in total. The Hall–Kier alpha value is -2.29. The molecule has 0 rings (SSSR count). The number of esters is 1. The highest BCUT2D eigenvalue weighted by Gasteiger charge is 2.30. The van der Waals surface area contributed by atoms with E-state index < -0.39 is 20.0 Å². The van der Waals surface area contributed by atoms with Crippen LogP contribution < -0.4 is 5.32 Å². The van der Waals surface area contributed by atoms with E-state index >= 15 is 0 Å². The van der Waals surface area contributed by atoms with Crippen molar-refractivity contribution in [2.45, 2.75) is 386 Å². The van der Waals surface area contributed by atoms with Crippen LogP contribution in [0, 0.1) is 0 Å². The summed E-state index contributed by atoms with van der Waals surface area (Å²) in [6.45, 7) is 7.03. The van der Waals surface area contributed by atoms with Crippen molar-refractivity contribution in [3.63, 3.8) is 0 Å². The zero-order valence-corrected chi connectivity index (χ0v) is 60.1. The molecule has 0 fully saturated rings. The van der Waals surface area contributed by atoms with Crippen molar-refractivity contribution in [3.8, 4) is 0 Å². The zero-order valence-electron chi connectivity index (χ0n) is 59.2. The van der Waals surface area contributed by atoms with Gasteiger partial charge in [0.1, 0.15) is 19.3 Å². The lowest BCUT2D eigenvalue weighted by atomic mass is 10.0. The summed E-state index contributed by atoms with van der Waals surface area (Å²) >= 11 is 0. The number of carbonyl (C=O) groups is 2. The average Bonchev–Trinajstić information content (AvgIpc) is 3.71. The van der Waals surface area contributed by atoms with Crippen LogP contribution in [0.15, 0.2) is 60.8 Å². The summed E-state index contributed by atoms with van der Waals surface area (Å²) in [5, 5.41) is 3.08. The number of quaternary nitrogens is 1. The SMILES string of the molecule is CCCCC/C=C\C/C=C\C/C=C\C/C=C\CCCCCCCCCC(=O)OC(/C=C/CCCCCCCCCCCC)C(COP(=O)(O)OCC[N+](C)(C)C)NC(=O)CCCCCCCCCCCCCCCCCCCCCCCCCCCCC. The van der Waals surface area contributed by atoms with Crippen molar-refractivity contribution in [3.05, 3.63) is 60.8 Å². The second kappa shape index (κ2) is 67.6. The number of carbonyl (C=O) groups excluding carboxylic acids is 2.